The van der Waals surface area contributed by atoms with Crippen molar-refractivity contribution in [1.29, 1.82) is 0 Å². The van der Waals surface area contributed by atoms with Crippen LogP contribution in [0.25, 0.3) is 11.5 Å². The molecule has 0 spiro atoms. The van der Waals surface area contributed by atoms with Crippen molar-refractivity contribution in [3.63, 3.8) is 0 Å². The summed E-state index contributed by atoms with van der Waals surface area (Å²) < 4.78 is 35.4. The van der Waals surface area contributed by atoms with Crippen LogP contribution in [0.3, 0.4) is 0 Å². The molecule has 5 rings (SSSR count). The van der Waals surface area contributed by atoms with Gasteiger partial charge < -0.3 is 24.3 Å². The molecule has 5 heterocycles. The van der Waals surface area contributed by atoms with Gasteiger partial charge in [-0.25, -0.2) is 19.7 Å². The first-order valence-corrected chi connectivity index (χ1v) is 12.5. The van der Waals surface area contributed by atoms with Gasteiger partial charge in [0.05, 0.1) is 28.9 Å². The molecule has 0 bridgehead atoms. The number of nitrogens with one attached hydrogen (secondary N) is 2. The number of ether oxygens (including phenoxy) is 1. The molecule has 11 nitrogen and oxygen atoms in total. The maximum absolute atomic E-state index is 12.5. The van der Waals surface area contributed by atoms with E-state index in [0.29, 0.717) is 42.1 Å². The number of nitrogens with zero attached hydrogens (tertiary/aromatic N) is 5. The van der Waals surface area contributed by atoms with E-state index < -0.39 is 6.61 Å². The first-order chi connectivity index (χ1) is 17.7. The summed E-state index contributed by atoms with van der Waals surface area (Å²) in [6, 6.07) is 4.29. The smallest absolute Gasteiger partial charge is 0.388 e. The number of pyridine rings is 1. The van der Waals surface area contributed by atoms with E-state index in [-0.39, 0.29) is 35.9 Å². The van der Waals surface area contributed by atoms with Gasteiger partial charge in [-0.3, -0.25) is 10.1 Å². The number of fused-ring (bicyclic) bond motifs is 1. The molecule has 2 N–H and O–H groups in total. The van der Waals surface area contributed by atoms with Crippen molar-refractivity contribution < 1.29 is 27.5 Å². The van der Waals surface area contributed by atoms with Crippen molar-refractivity contribution in [2.24, 2.45) is 0 Å². The highest BCUT2D eigenvalue weighted by Crippen LogP contribution is 2.41. The fraction of sp³-hybridized carbons (Fsp3) is 0.435. The van der Waals surface area contributed by atoms with Gasteiger partial charge in [0, 0.05) is 38.5 Å². The van der Waals surface area contributed by atoms with Gasteiger partial charge in [0.25, 0.3) is 6.01 Å². The molecule has 3 aromatic rings. The lowest BCUT2D eigenvalue weighted by molar-refractivity contribution is -0.133. The van der Waals surface area contributed by atoms with Crippen LogP contribution in [-0.4, -0.2) is 63.6 Å². The number of thiazole rings is 1. The molecule has 1 fully saturated rings. The number of carbonyl (C=O) groups is 2. The second kappa shape index (κ2) is 9.92. The third-order valence-electron chi connectivity index (χ3n) is 6.27. The maximum Gasteiger partial charge on any atom is 0.388 e. The van der Waals surface area contributed by atoms with E-state index in [1.54, 1.807) is 17.0 Å². The summed E-state index contributed by atoms with van der Waals surface area (Å²) in [6.45, 7) is 3.55. The average Bonchev–Trinajstić information content (AvgIpc) is 3.43. The molecule has 2 atom stereocenters. The van der Waals surface area contributed by atoms with Crippen molar-refractivity contribution in [2.45, 2.75) is 51.9 Å². The summed E-state index contributed by atoms with van der Waals surface area (Å²) in [7, 11) is 0. The highest BCUT2D eigenvalue weighted by molar-refractivity contribution is 7.16. The summed E-state index contributed by atoms with van der Waals surface area (Å²) in [5, 5.41) is 6.13. The Balaban J connectivity index is 1.27. The van der Waals surface area contributed by atoms with Crippen LogP contribution in [0.15, 0.2) is 28.8 Å². The quantitative estimate of drug-likeness (QED) is 0.492. The molecule has 37 heavy (non-hydrogen) atoms. The molecular weight excluding hydrogens is 508 g/mol. The predicted molar refractivity (Wildman–Crippen MR) is 131 cm³/mol. The Kier molecular flexibility index (Phi) is 6.67. The molecule has 0 aromatic carbocycles. The number of amides is 3. The third-order valence-corrected chi connectivity index (χ3v) is 7.45. The molecule has 3 amide bonds. The average molecular weight is 534 g/mol. The van der Waals surface area contributed by atoms with E-state index in [9.17, 15) is 18.4 Å². The van der Waals surface area contributed by atoms with Crippen LogP contribution in [0.1, 0.15) is 37.4 Å². The third kappa shape index (κ3) is 5.19. The van der Waals surface area contributed by atoms with Gasteiger partial charge in [0.1, 0.15) is 5.69 Å². The molecular formula is C23H25F2N7O4S. The topological polar surface area (TPSA) is 126 Å². The second-order valence-corrected chi connectivity index (χ2v) is 9.96. The Morgan fingerprint density at radius 2 is 2.03 bits per heavy atom. The number of halogens is 2. The van der Waals surface area contributed by atoms with Crippen LogP contribution >= 0.6 is 11.3 Å². The molecule has 0 unspecified atom stereocenters. The minimum atomic E-state index is -2.97. The van der Waals surface area contributed by atoms with Crippen molar-refractivity contribution in [1.82, 2.24) is 25.2 Å². The fourth-order valence-corrected chi connectivity index (χ4v) is 5.53. The van der Waals surface area contributed by atoms with Crippen LogP contribution in [0, 0.1) is 0 Å². The molecule has 3 aromatic heterocycles. The number of alkyl halides is 2. The standard InChI is InChI=1S/C23H25F2N7O4S/c1-11-7-16-19(37-22(29-16)30-21(34)27-14-9-31(10-14)13(3)33)12(2)32(11)23-26-8-17(35-23)15-5-4-6-18(28-15)36-20(24)25/h4-6,8,11-12,14,20H,7,9-10H2,1-3H3,(H2,27,29,30,34)/t11-,12+/m1/s1. The van der Waals surface area contributed by atoms with Gasteiger partial charge >= 0.3 is 12.6 Å². The Hall–Kier alpha value is -3.81. The lowest BCUT2D eigenvalue weighted by Gasteiger charge is -2.38. The molecule has 14 heteroatoms. The second-order valence-electron chi connectivity index (χ2n) is 8.93. The van der Waals surface area contributed by atoms with Crippen LogP contribution in [0.4, 0.5) is 24.7 Å². The van der Waals surface area contributed by atoms with Gasteiger partial charge in [-0.05, 0) is 19.9 Å². The van der Waals surface area contributed by atoms with Gasteiger partial charge in [-0.1, -0.05) is 17.4 Å². The summed E-state index contributed by atoms with van der Waals surface area (Å²) in [4.78, 5) is 41.5. The monoisotopic (exact) mass is 533 g/mol. The maximum atomic E-state index is 12.5. The van der Waals surface area contributed by atoms with Gasteiger partial charge in [-0.2, -0.15) is 8.78 Å². The summed E-state index contributed by atoms with van der Waals surface area (Å²) in [5.41, 5.74) is 1.22. The minimum absolute atomic E-state index is 0.00761. The normalized spacial score (nSPS) is 19.4. The number of rotatable bonds is 6. The highest BCUT2D eigenvalue weighted by atomic mass is 32.1. The largest absolute Gasteiger partial charge is 0.422 e. The van der Waals surface area contributed by atoms with E-state index in [4.69, 9.17) is 4.42 Å². The van der Waals surface area contributed by atoms with Crippen LogP contribution in [0.5, 0.6) is 5.88 Å². The number of hydrogen-bond donors (Lipinski definition) is 2. The number of aromatic nitrogens is 3. The predicted octanol–water partition coefficient (Wildman–Crippen LogP) is 3.66. The number of likely N-dealkylation sites (tertiary alicyclic amines) is 1. The Morgan fingerprint density at radius 1 is 1.24 bits per heavy atom. The Labute approximate surface area is 214 Å². The van der Waals surface area contributed by atoms with Gasteiger partial charge in [-0.15, -0.1) is 0 Å². The first-order valence-electron chi connectivity index (χ1n) is 11.7. The zero-order valence-electron chi connectivity index (χ0n) is 20.3. The van der Waals surface area contributed by atoms with E-state index in [2.05, 4.69) is 30.3 Å². The molecule has 1 saturated heterocycles. The van der Waals surface area contributed by atoms with Crippen molar-refractivity contribution >= 4 is 34.4 Å². The molecule has 196 valence electrons. The van der Waals surface area contributed by atoms with E-state index in [0.717, 1.165) is 10.6 Å². The van der Waals surface area contributed by atoms with E-state index in [1.165, 1.54) is 30.5 Å². The van der Waals surface area contributed by atoms with E-state index >= 15 is 0 Å². The molecule has 2 aliphatic rings. The van der Waals surface area contributed by atoms with Gasteiger partial charge in [0.2, 0.25) is 11.8 Å². The molecule has 0 radical (unpaired) electrons. The minimum Gasteiger partial charge on any atom is -0.422 e. The van der Waals surface area contributed by atoms with E-state index in [1.807, 2.05) is 18.7 Å². The van der Waals surface area contributed by atoms with Crippen molar-refractivity contribution in [3.05, 3.63) is 35.0 Å². The number of oxazole rings is 1. The zero-order chi connectivity index (χ0) is 26.3. The van der Waals surface area contributed by atoms with Crippen LogP contribution in [-0.2, 0) is 11.2 Å². The summed E-state index contributed by atoms with van der Waals surface area (Å²) in [6.07, 6.45) is 2.11. The Morgan fingerprint density at radius 3 is 2.76 bits per heavy atom. The van der Waals surface area contributed by atoms with Crippen LogP contribution < -0.4 is 20.3 Å². The molecule has 2 aliphatic heterocycles. The molecule has 0 saturated carbocycles. The number of hydrogen-bond acceptors (Lipinski definition) is 9. The van der Waals surface area contributed by atoms with Crippen molar-refractivity contribution in [2.75, 3.05) is 23.3 Å². The summed E-state index contributed by atoms with van der Waals surface area (Å²) in [5.74, 6) is 0.0991. The number of carbonyl (C=O) groups excluding carboxylic acids is 2. The number of urea groups is 1. The lowest BCUT2D eigenvalue weighted by atomic mass is 10.0. The molecule has 0 aliphatic carbocycles. The Bertz CT molecular complexity index is 1310. The van der Waals surface area contributed by atoms with Crippen LogP contribution in [0.2, 0.25) is 0 Å². The lowest BCUT2D eigenvalue weighted by Crippen LogP contribution is -2.61. The fourth-order valence-electron chi connectivity index (χ4n) is 4.49. The zero-order valence-corrected chi connectivity index (χ0v) is 21.1. The van der Waals surface area contributed by atoms with Gasteiger partial charge in [0.15, 0.2) is 10.9 Å². The summed E-state index contributed by atoms with van der Waals surface area (Å²) >= 11 is 1.38. The highest BCUT2D eigenvalue weighted by Gasteiger charge is 2.36. The number of anilines is 2. The first kappa shape index (κ1) is 24.9. The van der Waals surface area contributed by atoms with Crippen molar-refractivity contribution in [3.8, 4) is 17.3 Å². The SMILES string of the molecule is CC(=O)N1CC(NC(=O)Nc2nc3c(s2)[C@H](C)N(c2ncc(-c4cccc(OC(F)F)n4)o2)[C@H](C)C3)C1.